The molecule has 0 aliphatic carbocycles. The summed E-state index contributed by atoms with van der Waals surface area (Å²) < 4.78 is 5.56. The van der Waals surface area contributed by atoms with Gasteiger partial charge in [0.1, 0.15) is 5.75 Å². The molecule has 3 rings (SSSR count). The number of hydrogen-bond acceptors (Lipinski definition) is 2. The Morgan fingerprint density at radius 2 is 1.65 bits per heavy atom. The lowest BCUT2D eigenvalue weighted by atomic mass is 9.80. The Kier molecular flexibility index (Phi) is 6.16. The van der Waals surface area contributed by atoms with Gasteiger partial charge in [0.05, 0.1) is 6.61 Å². The Labute approximate surface area is 161 Å². The van der Waals surface area contributed by atoms with Crippen LogP contribution >= 0.6 is 11.3 Å². The Balaban J connectivity index is 1.62. The monoisotopic (exact) mass is 364 g/mol. The molecule has 0 radical (unpaired) electrons. The molecule has 0 bridgehead atoms. The quantitative estimate of drug-likeness (QED) is 0.413. The van der Waals surface area contributed by atoms with Gasteiger partial charge < -0.3 is 4.74 Å². The van der Waals surface area contributed by atoms with Crippen LogP contribution in [0.25, 0.3) is 11.1 Å². The highest BCUT2D eigenvalue weighted by Gasteiger charge is 2.20. The van der Waals surface area contributed by atoms with Crippen LogP contribution in [-0.4, -0.2) is 6.61 Å². The van der Waals surface area contributed by atoms with E-state index in [2.05, 4.69) is 79.9 Å². The topological polar surface area (TPSA) is 9.23 Å². The Bertz CT molecular complexity index is 800. The number of rotatable bonds is 8. The summed E-state index contributed by atoms with van der Waals surface area (Å²) in [6, 6.07) is 21.6. The maximum atomic E-state index is 5.56. The minimum absolute atomic E-state index is 0.176. The summed E-state index contributed by atoms with van der Waals surface area (Å²) in [4.78, 5) is 1.50. The van der Waals surface area contributed by atoms with Crippen molar-refractivity contribution < 1.29 is 4.74 Å². The van der Waals surface area contributed by atoms with Gasteiger partial charge in [-0.05, 0) is 71.9 Å². The molecule has 26 heavy (non-hydrogen) atoms. The number of benzene rings is 2. The molecule has 2 heteroatoms. The molecule has 0 N–H and O–H groups in total. The molecular weight excluding hydrogens is 336 g/mol. The lowest BCUT2D eigenvalue weighted by Crippen LogP contribution is -2.17. The maximum Gasteiger partial charge on any atom is 0.119 e. The second-order valence-corrected chi connectivity index (χ2v) is 8.32. The molecule has 0 aliphatic rings. The lowest BCUT2D eigenvalue weighted by Gasteiger charge is -2.25. The summed E-state index contributed by atoms with van der Waals surface area (Å²) >= 11 is 1.88. The van der Waals surface area contributed by atoms with Gasteiger partial charge in [-0.3, -0.25) is 0 Å². The van der Waals surface area contributed by atoms with Crippen molar-refractivity contribution in [2.45, 2.75) is 45.4 Å². The van der Waals surface area contributed by atoms with E-state index in [1.54, 1.807) is 0 Å². The molecule has 0 amide bonds. The second-order valence-electron chi connectivity index (χ2n) is 7.32. The highest BCUT2D eigenvalue weighted by molar-refractivity contribution is 7.10. The SMILES string of the molecule is CCOc1ccc(C(C)(C)CCCc2sccc2-c2ccccc2)cc1. The normalized spacial score (nSPS) is 11.5. The van der Waals surface area contributed by atoms with Gasteiger partial charge >= 0.3 is 0 Å². The zero-order chi connectivity index (χ0) is 18.4. The number of ether oxygens (including phenoxy) is 1. The first kappa shape index (κ1) is 18.7. The minimum Gasteiger partial charge on any atom is -0.494 e. The molecule has 2 aromatic carbocycles. The molecule has 0 aliphatic heterocycles. The molecule has 0 fully saturated rings. The standard InChI is InChI=1S/C24H28OS/c1-4-25-21-14-12-20(13-15-21)24(2,3)17-8-11-23-22(16-18-26-23)19-9-6-5-7-10-19/h5-7,9-10,12-16,18H,4,8,11,17H2,1-3H3. The molecule has 0 saturated carbocycles. The van der Waals surface area contributed by atoms with Crippen LogP contribution in [0.5, 0.6) is 5.75 Å². The van der Waals surface area contributed by atoms with Crippen molar-refractivity contribution in [2.75, 3.05) is 6.61 Å². The van der Waals surface area contributed by atoms with Gasteiger partial charge in [-0.2, -0.15) is 0 Å². The van der Waals surface area contributed by atoms with Gasteiger partial charge in [0.15, 0.2) is 0 Å². The first-order chi connectivity index (χ1) is 12.6. The van der Waals surface area contributed by atoms with Crippen LogP contribution in [0, 0.1) is 0 Å². The van der Waals surface area contributed by atoms with Crippen LogP contribution in [0.4, 0.5) is 0 Å². The van der Waals surface area contributed by atoms with Crippen LogP contribution in [-0.2, 0) is 11.8 Å². The molecule has 1 heterocycles. The molecule has 1 nitrogen and oxygen atoms in total. The van der Waals surface area contributed by atoms with Crippen LogP contribution < -0.4 is 4.74 Å². The Hall–Kier alpha value is -2.06. The first-order valence-electron chi connectivity index (χ1n) is 9.45. The van der Waals surface area contributed by atoms with Crippen LogP contribution in [0.3, 0.4) is 0 Å². The first-order valence-corrected chi connectivity index (χ1v) is 10.3. The van der Waals surface area contributed by atoms with Crippen LogP contribution in [0.2, 0.25) is 0 Å². The minimum atomic E-state index is 0.176. The summed E-state index contributed by atoms with van der Waals surface area (Å²) in [6.45, 7) is 7.42. The van der Waals surface area contributed by atoms with E-state index in [1.807, 2.05) is 18.3 Å². The highest BCUT2D eigenvalue weighted by atomic mass is 32.1. The van der Waals surface area contributed by atoms with Crippen LogP contribution in [0.15, 0.2) is 66.0 Å². The van der Waals surface area contributed by atoms with Crippen molar-refractivity contribution >= 4 is 11.3 Å². The fourth-order valence-electron chi connectivity index (χ4n) is 3.41. The highest BCUT2D eigenvalue weighted by Crippen LogP contribution is 2.33. The number of aryl methyl sites for hydroxylation is 1. The predicted octanol–water partition coefficient (Wildman–Crippen LogP) is 7.11. The fourth-order valence-corrected chi connectivity index (χ4v) is 4.36. The second kappa shape index (κ2) is 8.55. The van der Waals surface area contributed by atoms with E-state index in [0.29, 0.717) is 6.61 Å². The van der Waals surface area contributed by atoms with E-state index >= 15 is 0 Å². The van der Waals surface area contributed by atoms with Crippen LogP contribution in [0.1, 0.15) is 44.1 Å². The molecule has 0 unspecified atom stereocenters. The van der Waals surface area contributed by atoms with Gasteiger partial charge in [0.25, 0.3) is 0 Å². The molecule has 0 atom stereocenters. The number of hydrogen-bond donors (Lipinski definition) is 0. The molecule has 136 valence electrons. The molecule has 3 aromatic rings. The van der Waals surface area contributed by atoms with E-state index in [4.69, 9.17) is 4.74 Å². The average molecular weight is 365 g/mol. The molecule has 0 saturated heterocycles. The van der Waals surface area contributed by atoms with Crippen molar-refractivity contribution in [3.05, 3.63) is 76.5 Å². The van der Waals surface area contributed by atoms with Gasteiger partial charge in [-0.15, -0.1) is 11.3 Å². The maximum absolute atomic E-state index is 5.56. The average Bonchev–Trinajstić information content (AvgIpc) is 3.12. The van der Waals surface area contributed by atoms with Gasteiger partial charge in [0.2, 0.25) is 0 Å². The summed E-state index contributed by atoms with van der Waals surface area (Å²) in [7, 11) is 0. The van der Waals surface area contributed by atoms with Crippen molar-refractivity contribution in [3.63, 3.8) is 0 Å². The van der Waals surface area contributed by atoms with Crippen molar-refractivity contribution in [1.82, 2.24) is 0 Å². The summed E-state index contributed by atoms with van der Waals surface area (Å²) in [5, 5.41) is 2.22. The predicted molar refractivity (Wildman–Crippen MR) is 113 cm³/mol. The third-order valence-electron chi connectivity index (χ3n) is 4.98. The summed E-state index contributed by atoms with van der Waals surface area (Å²) in [5.74, 6) is 0.957. The Morgan fingerprint density at radius 3 is 2.35 bits per heavy atom. The summed E-state index contributed by atoms with van der Waals surface area (Å²) in [6.07, 6.45) is 3.51. The van der Waals surface area contributed by atoms with E-state index in [9.17, 15) is 0 Å². The fraction of sp³-hybridized carbons (Fsp3) is 0.333. The van der Waals surface area contributed by atoms with E-state index < -0.39 is 0 Å². The van der Waals surface area contributed by atoms with Crippen molar-refractivity contribution in [2.24, 2.45) is 0 Å². The zero-order valence-electron chi connectivity index (χ0n) is 16.0. The summed E-state index contributed by atoms with van der Waals surface area (Å²) in [5.41, 5.74) is 4.29. The molecule has 0 spiro atoms. The Morgan fingerprint density at radius 1 is 0.923 bits per heavy atom. The lowest BCUT2D eigenvalue weighted by molar-refractivity contribution is 0.339. The third kappa shape index (κ3) is 4.56. The molecular formula is C24H28OS. The van der Waals surface area contributed by atoms with Crippen molar-refractivity contribution in [1.29, 1.82) is 0 Å². The van der Waals surface area contributed by atoms with Gasteiger partial charge in [-0.1, -0.05) is 56.3 Å². The zero-order valence-corrected chi connectivity index (χ0v) is 16.8. The smallest absolute Gasteiger partial charge is 0.119 e. The van der Waals surface area contributed by atoms with E-state index in [0.717, 1.165) is 12.2 Å². The largest absolute Gasteiger partial charge is 0.494 e. The van der Waals surface area contributed by atoms with E-state index in [-0.39, 0.29) is 5.41 Å². The van der Waals surface area contributed by atoms with Gasteiger partial charge in [-0.25, -0.2) is 0 Å². The van der Waals surface area contributed by atoms with E-state index in [1.165, 1.54) is 34.4 Å². The third-order valence-corrected chi connectivity index (χ3v) is 5.96. The molecule has 1 aromatic heterocycles. The number of thiophene rings is 1. The van der Waals surface area contributed by atoms with Gasteiger partial charge in [0, 0.05) is 4.88 Å². The van der Waals surface area contributed by atoms with Crippen molar-refractivity contribution in [3.8, 4) is 16.9 Å².